The van der Waals surface area contributed by atoms with Gasteiger partial charge >= 0.3 is 0 Å². The van der Waals surface area contributed by atoms with Gasteiger partial charge in [-0.25, -0.2) is 0 Å². The smallest absolute Gasteiger partial charge is 0.173 e. The summed E-state index contributed by atoms with van der Waals surface area (Å²) < 4.78 is 10.6. The molecule has 0 aliphatic carbocycles. The SMILES string of the molecule is CCCOCc1ccc(/C(N)=N/O)c(OC)c1. The Bertz CT molecular complexity index is 391. The van der Waals surface area contributed by atoms with Crippen molar-refractivity contribution in [3.05, 3.63) is 29.3 Å². The third kappa shape index (κ3) is 3.64. The lowest BCUT2D eigenvalue weighted by Gasteiger charge is -2.09. The molecular formula is C12H18N2O3. The second kappa shape index (κ2) is 6.75. The van der Waals surface area contributed by atoms with Gasteiger partial charge in [0.05, 0.1) is 19.3 Å². The van der Waals surface area contributed by atoms with E-state index in [9.17, 15) is 0 Å². The summed E-state index contributed by atoms with van der Waals surface area (Å²) in [6.45, 7) is 3.31. The molecule has 0 unspecified atom stereocenters. The van der Waals surface area contributed by atoms with Crippen LogP contribution in [0, 0.1) is 0 Å². The van der Waals surface area contributed by atoms with Gasteiger partial charge in [-0.2, -0.15) is 0 Å². The van der Waals surface area contributed by atoms with Crippen LogP contribution in [0.2, 0.25) is 0 Å². The molecule has 0 bridgehead atoms. The summed E-state index contributed by atoms with van der Waals surface area (Å²) in [5.74, 6) is 0.598. The van der Waals surface area contributed by atoms with E-state index in [2.05, 4.69) is 12.1 Å². The van der Waals surface area contributed by atoms with Gasteiger partial charge in [-0.3, -0.25) is 0 Å². The highest BCUT2D eigenvalue weighted by molar-refractivity contribution is 5.99. The van der Waals surface area contributed by atoms with E-state index in [1.807, 2.05) is 12.1 Å². The number of nitrogens with two attached hydrogens (primary N) is 1. The Kier molecular flexibility index (Phi) is 5.29. The summed E-state index contributed by atoms with van der Waals surface area (Å²) in [5.41, 5.74) is 7.09. The summed E-state index contributed by atoms with van der Waals surface area (Å²) in [4.78, 5) is 0. The van der Waals surface area contributed by atoms with Gasteiger partial charge in [-0.05, 0) is 24.1 Å². The fourth-order valence-corrected chi connectivity index (χ4v) is 1.43. The van der Waals surface area contributed by atoms with Crippen molar-refractivity contribution in [3.63, 3.8) is 0 Å². The summed E-state index contributed by atoms with van der Waals surface area (Å²) in [5, 5.41) is 11.6. The lowest BCUT2D eigenvalue weighted by molar-refractivity contribution is 0.121. The average molecular weight is 238 g/mol. The van der Waals surface area contributed by atoms with Gasteiger partial charge in [-0.15, -0.1) is 0 Å². The van der Waals surface area contributed by atoms with Crippen LogP contribution in [-0.4, -0.2) is 24.8 Å². The van der Waals surface area contributed by atoms with Crippen LogP contribution in [0.15, 0.2) is 23.4 Å². The third-order valence-electron chi connectivity index (χ3n) is 2.27. The number of hydrogen-bond acceptors (Lipinski definition) is 4. The zero-order chi connectivity index (χ0) is 12.7. The van der Waals surface area contributed by atoms with Crippen LogP contribution >= 0.6 is 0 Å². The zero-order valence-corrected chi connectivity index (χ0v) is 10.1. The van der Waals surface area contributed by atoms with Crippen LogP contribution in [0.5, 0.6) is 5.75 Å². The summed E-state index contributed by atoms with van der Waals surface area (Å²) in [6.07, 6.45) is 0.985. The molecule has 3 N–H and O–H groups in total. The first-order valence-corrected chi connectivity index (χ1v) is 5.45. The number of amidine groups is 1. The Labute approximate surface area is 101 Å². The molecule has 1 aromatic carbocycles. The Morgan fingerprint density at radius 3 is 2.82 bits per heavy atom. The van der Waals surface area contributed by atoms with Crippen LogP contribution in [0.3, 0.4) is 0 Å². The molecule has 17 heavy (non-hydrogen) atoms. The minimum atomic E-state index is 0.0304. The van der Waals surface area contributed by atoms with Crippen molar-refractivity contribution in [2.75, 3.05) is 13.7 Å². The van der Waals surface area contributed by atoms with Gasteiger partial charge in [-0.1, -0.05) is 18.1 Å². The Hall–Kier alpha value is -1.75. The van der Waals surface area contributed by atoms with Crippen molar-refractivity contribution in [2.45, 2.75) is 20.0 Å². The predicted molar refractivity (Wildman–Crippen MR) is 65.5 cm³/mol. The lowest BCUT2D eigenvalue weighted by atomic mass is 10.1. The molecule has 1 aromatic rings. The fourth-order valence-electron chi connectivity index (χ4n) is 1.43. The summed E-state index contributed by atoms with van der Waals surface area (Å²) in [6, 6.07) is 5.44. The number of oxime groups is 1. The molecule has 1 rings (SSSR count). The van der Waals surface area contributed by atoms with Crippen LogP contribution in [0.25, 0.3) is 0 Å². The van der Waals surface area contributed by atoms with E-state index in [0.29, 0.717) is 17.9 Å². The first kappa shape index (κ1) is 13.3. The normalized spacial score (nSPS) is 11.5. The van der Waals surface area contributed by atoms with Crippen molar-refractivity contribution in [1.29, 1.82) is 0 Å². The molecule has 5 nitrogen and oxygen atoms in total. The summed E-state index contributed by atoms with van der Waals surface area (Å²) >= 11 is 0. The molecule has 0 saturated carbocycles. The molecule has 0 amide bonds. The zero-order valence-electron chi connectivity index (χ0n) is 10.1. The van der Waals surface area contributed by atoms with E-state index in [1.165, 1.54) is 0 Å². The quantitative estimate of drug-likeness (QED) is 0.260. The fraction of sp³-hybridized carbons (Fsp3) is 0.417. The highest BCUT2D eigenvalue weighted by atomic mass is 16.5. The maximum Gasteiger partial charge on any atom is 0.173 e. The van der Waals surface area contributed by atoms with Gasteiger partial charge in [0.2, 0.25) is 0 Å². The van der Waals surface area contributed by atoms with E-state index in [-0.39, 0.29) is 5.84 Å². The van der Waals surface area contributed by atoms with Crippen LogP contribution in [-0.2, 0) is 11.3 Å². The second-order valence-corrected chi connectivity index (χ2v) is 3.57. The first-order valence-electron chi connectivity index (χ1n) is 5.45. The molecule has 0 heterocycles. The standard InChI is InChI=1S/C12H18N2O3/c1-3-6-17-8-9-4-5-10(12(13)14-15)11(7-9)16-2/h4-5,7,15H,3,6,8H2,1-2H3,(H2,13,14). The number of hydrogen-bond donors (Lipinski definition) is 2. The molecule has 0 fully saturated rings. The Morgan fingerprint density at radius 2 is 2.24 bits per heavy atom. The molecule has 0 atom stereocenters. The summed E-state index contributed by atoms with van der Waals surface area (Å²) in [7, 11) is 1.54. The Morgan fingerprint density at radius 1 is 1.47 bits per heavy atom. The monoisotopic (exact) mass is 238 g/mol. The number of rotatable bonds is 6. The van der Waals surface area contributed by atoms with Crippen LogP contribution in [0.1, 0.15) is 24.5 Å². The molecule has 0 aliphatic heterocycles. The molecule has 0 radical (unpaired) electrons. The van der Waals surface area contributed by atoms with Gasteiger partial charge < -0.3 is 20.4 Å². The van der Waals surface area contributed by atoms with E-state index in [4.69, 9.17) is 20.4 Å². The molecule has 0 aromatic heterocycles. The number of methoxy groups -OCH3 is 1. The molecule has 0 spiro atoms. The molecule has 5 heteroatoms. The van der Waals surface area contributed by atoms with Crippen molar-refractivity contribution in [3.8, 4) is 5.75 Å². The van der Waals surface area contributed by atoms with Gasteiger partial charge in [0, 0.05) is 6.61 Å². The van der Waals surface area contributed by atoms with E-state index >= 15 is 0 Å². The molecule has 0 saturated heterocycles. The van der Waals surface area contributed by atoms with E-state index in [1.54, 1.807) is 13.2 Å². The topological polar surface area (TPSA) is 77.1 Å². The van der Waals surface area contributed by atoms with Crippen molar-refractivity contribution < 1.29 is 14.7 Å². The van der Waals surface area contributed by atoms with Gasteiger partial charge in [0.1, 0.15) is 5.75 Å². The minimum Gasteiger partial charge on any atom is -0.496 e. The maximum absolute atomic E-state index is 8.63. The van der Waals surface area contributed by atoms with Crippen LogP contribution in [0.4, 0.5) is 0 Å². The first-order chi connectivity index (χ1) is 8.22. The molecule has 0 aliphatic rings. The largest absolute Gasteiger partial charge is 0.496 e. The highest BCUT2D eigenvalue weighted by Gasteiger charge is 2.08. The molecular weight excluding hydrogens is 220 g/mol. The van der Waals surface area contributed by atoms with E-state index < -0.39 is 0 Å². The van der Waals surface area contributed by atoms with Crippen molar-refractivity contribution in [1.82, 2.24) is 0 Å². The molecule has 94 valence electrons. The third-order valence-corrected chi connectivity index (χ3v) is 2.27. The maximum atomic E-state index is 8.63. The van der Waals surface area contributed by atoms with Gasteiger partial charge in [0.25, 0.3) is 0 Å². The number of benzene rings is 1. The van der Waals surface area contributed by atoms with Crippen LogP contribution < -0.4 is 10.5 Å². The van der Waals surface area contributed by atoms with E-state index in [0.717, 1.165) is 18.6 Å². The Balaban J connectivity index is 2.85. The van der Waals surface area contributed by atoms with Crippen molar-refractivity contribution >= 4 is 5.84 Å². The highest BCUT2D eigenvalue weighted by Crippen LogP contribution is 2.20. The average Bonchev–Trinajstić information content (AvgIpc) is 2.38. The number of nitrogens with zero attached hydrogens (tertiary/aromatic N) is 1. The predicted octanol–water partition coefficient (Wildman–Crippen LogP) is 1.72. The minimum absolute atomic E-state index is 0.0304. The lowest BCUT2D eigenvalue weighted by Crippen LogP contribution is -2.14. The number of ether oxygens (including phenoxy) is 2. The van der Waals surface area contributed by atoms with Crippen molar-refractivity contribution in [2.24, 2.45) is 10.9 Å². The second-order valence-electron chi connectivity index (χ2n) is 3.57. The van der Waals surface area contributed by atoms with Gasteiger partial charge in [0.15, 0.2) is 5.84 Å².